The summed E-state index contributed by atoms with van der Waals surface area (Å²) in [7, 11) is 5.53. The molecule has 0 fully saturated rings. The molecule has 1 heterocycles. The third-order valence-electron chi connectivity index (χ3n) is 4.00. The van der Waals surface area contributed by atoms with Crippen LogP contribution in [0.15, 0.2) is 47.1 Å². The molecular weight excluding hydrogens is 334 g/mol. The molecule has 0 aliphatic carbocycles. The van der Waals surface area contributed by atoms with E-state index >= 15 is 0 Å². The van der Waals surface area contributed by atoms with Gasteiger partial charge in [0.2, 0.25) is 5.91 Å². The highest BCUT2D eigenvalue weighted by Gasteiger charge is 2.19. The summed E-state index contributed by atoms with van der Waals surface area (Å²) in [4.78, 5) is 25.9. The van der Waals surface area contributed by atoms with Gasteiger partial charge in [0.1, 0.15) is 5.75 Å². The molecule has 7 heteroatoms. The number of carbonyl (C=O) groups is 2. The molecule has 1 unspecified atom stereocenters. The van der Waals surface area contributed by atoms with Crippen molar-refractivity contribution in [2.45, 2.75) is 12.5 Å². The second kappa shape index (κ2) is 9.62. The fraction of sp³-hybridized carbons (Fsp3) is 0.368. The van der Waals surface area contributed by atoms with E-state index < -0.39 is 0 Å². The van der Waals surface area contributed by atoms with Gasteiger partial charge in [-0.25, -0.2) is 0 Å². The fourth-order valence-corrected chi connectivity index (χ4v) is 2.60. The largest absolute Gasteiger partial charge is 0.496 e. The van der Waals surface area contributed by atoms with E-state index in [9.17, 15) is 9.59 Å². The Labute approximate surface area is 153 Å². The van der Waals surface area contributed by atoms with E-state index in [0.29, 0.717) is 6.54 Å². The standard InChI is InChI=1S/C19H25N3O4/c1-22(2)15(14-7-4-5-8-16(14)25-3)13-21-18(23)10-11-20-19(24)17-9-6-12-26-17/h4-9,12,15H,10-11,13H2,1-3H3,(H,20,24)(H,21,23). The van der Waals surface area contributed by atoms with Gasteiger partial charge in [-0.15, -0.1) is 0 Å². The van der Waals surface area contributed by atoms with Crippen LogP contribution < -0.4 is 15.4 Å². The number of para-hydroxylation sites is 1. The Morgan fingerprint density at radius 1 is 1.15 bits per heavy atom. The fourth-order valence-electron chi connectivity index (χ4n) is 2.60. The molecule has 7 nitrogen and oxygen atoms in total. The molecule has 1 aromatic carbocycles. The van der Waals surface area contributed by atoms with Gasteiger partial charge >= 0.3 is 0 Å². The number of amides is 2. The van der Waals surface area contributed by atoms with Gasteiger partial charge in [-0.3, -0.25) is 9.59 Å². The first-order chi connectivity index (χ1) is 12.5. The Balaban J connectivity index is 1.83. The van der Waals surface area contributed by atoms with Gasteiger partial charge in [0.15, 0.2) is 5.76 Å². The lowest BCUT2D eigenvalue weighted by Gasteiger charge is -2.26. The van der Waals surface area contributed by atoms with Crippen molar-refractivity contribution in [3.63, 3.8) is 0 Å². The van der Waals surface area contributed by atoms with Crippen LogP contribution in [-0.4, -0.2) is 51.0 Å². The van der Waals surface area contributed by atoms with Crippen molar-refractivity contribution < 1.29 is 18.7 Å². The summed E-state index contributed by atoms with van der Waals surface area (Å²) in [6, 6.07) is 10.9. The number of nitrogens with one attached hydrogen (secondary N) is 2. The van der Waals surface area contributed by atoms with Crippen LogP contribution in [0.3, 0.4) is 0 Å². The molecule has 140 valence electrons. The molecular formula is C19H25N3O4. The molecule has 1 atom stereocenters. The summed E-state index contributed by atoms with van der Waals surface area (Å²) in [5, 5.41) is 5.56. The van der Waals surface area contributed by atoms with Crippen molar-refractivity contribution in [1.29, 1.82) is 0 Å². The van der Waals surface area contributed by atoms with E-state index in [4.69, 9.17) is 9.15 Å². The van der Waals surface area contributed by atoms with Crippen LogP contribution in [0.25, 0.3) is 0 Å². The summed E-state index contributed by atoms with van der Waals surface area (Å²) < 4.78 is 10.4. The van der Waals surface area contributed by atoms with Crippen molar-refractivity contribution in [3.8, 4) is 5.75 Å². The van der Waals surface area contributed by atoms with E-state index in [1.54, 1.807) is 19.2 Å². The number of methoxy groups -OCH3 is 1. The van der Waals surface area contributed by atoms with Crippen LogP contribution in [0.1, 0.15) is 28.6 Å². The first kappa shape index (κ1) is 19.5. The molecule has 26 heavy (non-hydrogen) atoms. The van der Waals surface area contributed by atoms with Crippen molar-refractivity contribution in [1.82, 2.24) is 15.5 Å². The maximum Gasteiger partial charge on any atom is 0.286 e. The average molecular weight is 359 g/mol. The molecule has 0 spiro atoms. The summed E-state index contributed by atoms with van der Waals surface area (Å²) in [6.45, 7) is 0.686. The van der Waals surface area contributed by atoms with Gasteiger partial charge in [-0.2, -0.15) is 0 Å². The third-order valence-corrected chi connectivity index (χ3v) is 4.00. The summed E-state index contributed by atoms with van der Waals surface area (Å²) >= 11 is 0. The maximum atomic E-state index is 12.1. The first-order valence-corrected chi connectivity index (χ1v) is 8.40. The SMILES string of the molecule is COc1ccccc1C(CNC(=O)CCNC(=O)c1ccco1)N(C)C. The average Bonchev–Trinajstić information content (AvgIpc) is 3.16. The molecule has 0 aliphatic heterocycles. The number of benzene rings is 1. The highest BCUT2D eigenvalue weighted by atomic mass is 16.5. The molecule has 0 saturated heterocycles. The first-order valence-electron chi connectivity index (χ1n) is 8.40. The van der Waals surface area contributed by atoms with Gasteiger partial charge in [-0.05, 0) is 32.3 Å². The summed E-state index contributed by atoms with van der Waals surface area (Å²) in [5.74, 6) is 0.551. The molecule has 0 aliphatic rings. The van der Waals surface area contributed by atoms with Gasteiger partial charge in [0.05, 0.1) is 19.4 Å². The topological polar surface area (TPSA) is 83.8 Å². The van der Waals surface area contributed by atoms with Gasteiger partial charge in [-0.1, -0.05) is 18.2 Å². The number of furan rings is 1. The van der Waals surface area contributed by atoms with Crippen molar-refractivity contribution >= 4 is 11.8 Å². The van der Waals surface area contributed by atoms with Crippen molar-refractivity contribution in [2.75, 3.05) is 34.3 Å². The van der Waals surface area contributed by atoms with E-state index in [0.717, 1.165) is 11.3 Å². The van der Waals surface area contributed by atoms with Crippen LogP contribution in [0.5, 0.6) is 5.75 Å². The zero-order valence-corrected chi connectivity index (χ0v) is 15.3. The minimum absolute atomic E-state index is 0.0205. The number of nitrogens with zero attached hydrogens (tertiary/aromatic N) is 1. The zero-order valence-electron chi connectivity index (χ0n) is 15.3. The summed E-state index contributed by atoms with van der Waals surface area (Å²) in [6.07, 6.45) is 1.62. The molecule has 0 bridgehead atoms. The molecule has 2 amide bonds. The lowest BCUT2D eigenvalue weighted by atomic mass is 10.0. The molecule has 2 aromatic rings. The lowest BCUT2D eigenvalue weighted by Crippen LogP contribution is -2.36. The lowest BCUT2D eigenvalue weighted by molar-refractivity contribution is -0.121. The van der Waals surface area contributed by atoms with E-state index in [1.807, 2.05) is 43.3 Å². The molecule has 0 radical (unpaired) electrons. The van der Waals surface area contributed by atoms with Crippen LogP contribution in [0.4, 0.5) is 0 Å². The van der Waals surface area contributed by atoms with Gasteiger partial charge < -0.3 is 24.7 Å². The minimum atomic E-state index is -0.331. The second-order valence-corrected chi connectivity index (χ2v) is 6.01. The number of likely N-dealkylation sites (N-methyl/N-ethyl adjacent to an activating group) is 1. The van der Waals surface area contributed by atoms with Gasteiger partial charge in [0.25, 0.3) is 5.91 Å². The number of hydrogen-bond acceptors (Lipinski definition) is 5. The van der Waals surface area contributed by atoms with Crippen LogP contribution in [0, 0.1) is 0 Å². The molecule has 2 N–H and O–H groups in total. The highest BCUT2D eigenvalue weighted by Crippen LogP contribution is 2.27. The summed E-state index contributed by atoms with van der Waals surface area (Å²) in [5.41, 5.74) is 1.01. The number of rotatable bonds is 9. The Morgan fingerprint density at radius 3 is 2.58 bits per heavy atom. The maximum absolute atomic E-state index is 12.1. The second-order valence-electron chi connectivity index (χ2n) is 6.01. The normalized spacial score (nSPS) is 11.8. The van der Waals surface area contributed by atoms with E-state index in [1.165, 1.54) is 6.26 Å². The molecule has 0 saturated carbocycles. The predicted molar refractivity (Wildman–Crippen MR) is 98.1 cm³/mol. The molecule has 1 aromatic heterocycles. The quantitative estimate of drug-likeness (QED) is 0.714. The molecule has 2 rings (SSSR count). The van der Waals surface area contributed by atoms with Crippen LogP contribution >= 0.6 is 0 Å². The Morgan fingerprint density at radius 2 is 1.92 bits per heavy atom. The number of carbonyl (C=O) groups excluding carboxylic acids is 2. The minimum Gasteiger partial charge on any atom is -0.496 e. The van der Waals surface area contributed by atoms with Crippen molar-refractivity contribution in [2.24, 2.45) is 0 Å². The predicted octanol–water partition coefficient (Wildman–Crippen LogP) is 1.83. The van der Waals surface area contributed by atoms with E-state index in [2.05, 4.69) is 10.6 Å². The van der Waals surface area contributed by atoms with Crippen molar-refractivity contribution in [3.05, 3.63) is 54.0 Å². The Kier molecular flexibility index (Phi) is 7.23. The third kappa shape index (κ3) is 5.35. The van der Waals surface area contributed by atoms with Gasteiger partial charge in [0, 0.05) is 25.1 Å². The van der Waals surface area contributed by atoms with Crippen LogP contribution in [-0.2, 0) is 4.79 Å². The monoisotopic (exact) mass is 359 g/mol. The number of ether oxygens (including phenoxy) is 1. The zero-order chi connectivity index (χ0) is 18.9. The Bertz CT molecular complexity index is 713. The van der Waals surface area contributed by atoms with Crippen LogP contribution in [0.2, 0.25) is 0 Å². The number of hydrogen-bond donors (Lipinski definition) is 2. The smallest absolute Gasteiger partial charge is 0.286 e. The van der Waals surface area contributed by atoms with E-state index in [-0.39, 0.29) is 36.6 Å². The Hall–Kier alpha value is -2.80. The highest BCUT2D eigenvalue weighted by molar-refractivity contribution is 5.91.